The van der Waals surface area contributed by atoms with Crippen molar-refractivity contribution in [2.75, 3.05) is 0 Å². The minimum absolute atomic E-state index is 0.115. The third kappa shape index (κ3) is 3.29. The van der Waals surface area contributed by atoms with Gasteiger partial charge in [0, 0.05) is 17.6 Å². The lowest BCUT2D eigenvalue weighted by Gasteiger charge is -2.09. The molecule has 0 radical (unpaired) electrons. The van der Waals surface area contributed by atoms with Gasteiger partial charge in [-0.1, -0.05) is 48.0 Å². The molecule has 0 fully saturated rings. The van der Waals surface area contributed by atoms with Crippen molar-refractivity contribution in [2.45, 2.75) is 6.61 Å². The van der Waals surface area contributed by atoms with Crippen LogP contribution in [0.15, 0.2) is 71.0 Å². The third-order valence-electron chi connectivity index (χ3n) is 3.77. The Balaban J connectivity index is 1.55. The van der Waals surface area contributed by atoms with Gasteiger partial charge in [-0.25, -0.2) is 4.98 Å². The Hall–Kier alpha value is -2.63. The Bertz CT molecular complexity index is 1090. The van der Waals surface area contributed by atoms with E-state index in [1.54, 1.807) is 6.20 Å². The lowest BCUT2D eigenvalue weighted by atomic mass is 10.1. The fourth-order valence-corrected chi connectivity index (χ4v) is 3.52. The molecule has 25 heavy (non-hydrogen) atoms. The molecule has 0 aliphatic rings. The molecular formula is C19H13ClN2O2S. The fraction of sp³-hybridized carbons (Fsp3) is 0.0526. The number of nitrogens with zero attached hydrogens (tertiary/aromatic N) is 2. The molecule has 0 aliphatic heterocycles. The van der Waals surface area contributed by atoms with Gasteiger partial charge in [-0.3, -0.25) is 9.20 Å². The number of hydrogen-bond acceptors (Lipinski definition) is 4. The summed E-state index contributed by atoms with van der Waals surface area (Å²) in [7, 11) is 0. The van der Waals surface area contributed by atoms with Crippen LogP contribution in [-0.4, -0.2) is 9.38 Å². The predicted octanol–water partition coefficient (Wildman–Crippen LogP) is 4.66. The number of ether oxygens (including phenoxy) is 1. The maximum Gasteiger partial charge on any atom is 0.258 e. The van der Waals surface area contributed by atoms with Crippen LogP contribution in [0.1, 0.15) is 5.69 Å². The fourth-order valence-electron chi connectivity index (χ4n) is 2.54. The van der Waals surface area contributed by atoms with Gasteiger partial charge in [0.2, 0.25) is 0 Å². The summed E-state index contributed by atoms with van der Waals surface area (Å²) in [5.41, 5.74) is 2.58. The molecule has 4 nitrogen and oxygen atoms in total. The van der Waals surface area contributed by atoms with E-state index >= 15 is 0 Å². The molecule has 0 atom stereocenters. The zero-order chi connectivity index (χ0) is 17.2. The first-order chi connectivity index (χ1) is 12.2. The van der Waals surface area contributed by atoms with Gasteiger partial charge in [0.1, 0.15) is 12.4 Å². The van der Waals surface area contributed by atoms with Crippen LogP contribution in [0.4, 0.5) is 0 Å². The number of benzene rings is 2. The minimum Gasteiger partial charge on any atom is -0.486 e. The van der Waals surface area contributed by atoms with E-state index in [9.17, 15) is 4.79 Å². The van der Waals surface area contributed by atoms with Crippen molar-refractivity contribution in [3.63, 3.8) is 0 Å². The first kappa shape index (κ1) is 15.9. The molecule has 0 saturated carbocycles. The zero-order valence-corrected chi connectivity index (χ0v) is 14.6. The van der Waals surface area contributed by atoms with E-state index < -0.39 is 0 Å². The summed E-state index contributed by atoms with van der Waals surface area (Å²) < 4.78 is 7.27. The van der Waals surface area contributed by atoms with Crippen molar-refractivity contribution < 1.29 is 4.74 Å². The van der Waals surface area contributed by atoms with Crippen LogP contribution in [0, 0.1) is 0 Å². The summed E-state index contributed by atoms with van der Waals surface area (Å²) in [6, 6.07) is 17.1. The second kappa shape index (κ2) is 6.70. The maximum atomic E-state index is 12.0. The molecule has 4 rings (SSSR count). The highest BCUT2D eigenvalue weighted by molar-refractivity contribution is 7.15. The summed E-state index contributed by atoms with van der Waals surface area (Å²) in [5, 5.41) is 2.35. The van der Waals surface area contributed by atoms with E-state index in [1.807, 2.05) is 53.9 Å². The summed E-state index contributed by atoms with van der Waals surface area (Å²) in [4.78, 5) is 17.1. The topological polar surface area (TPSA) is 43.6 Å². The van der Waals surface area contributed by atoms with Gasteiger partial charge in [-0.2, -0.15) is 0 Å². The first-order valence-electron chi connectivity index (χ1n) is 7.64. The molecule has 6 heteroatoms. The standard InChI is InChI=1S/C19H13ClN2O2S/c20-16-10-14(13-4-2-1-3-5-13)6-7-17(16)24-12-15-11-18(23)22-8-9-25-19(22)21-15/h1-11H,12H2. The van der Waals surface area contributed by atoms with Crippen LogP contribution >= 0.6 is 22.9 Å². The van der Waals surface area contributed by atoms with Crippen LogP contribution in [0.2, 0.25) is 5.02 Å². The van der Waals surface area contributed by atoms with Crippen LogP contribution in [-0.2, 0) is 6.61 Å². The first-order valence-corrected chi connectivity index (χ1v) is 8.90. The molecule has 0 aliphatic carbocycles. The Kier molecular flexibility index (Phi) is 4.26. The smallest absolute Gasteiger partial charge is 0.258 e. The number of halogens is 1. The second-order valence-electron chi connectivity index (χ2n) is 5.44. The van der Waals surface area contributed by atoms with Crippen LogP contribution in [0.5, 0.6) is 5.75 Å². The average molecular weight is 369 g/mol. The number of aromatic nitrogens is 2. The lowest BCUT2D eigenvalue weighted by Crippen LogP contribution is -2.14. The third-order valence-corrected chi connectivity index (χ3v) is 4.82. The number of rotatable bonds is 4. The molecular weight excluding hydrogens is 356 g/mol. The molecule has 2 aromatic carbocycles. The van der Waals surface area contributed by atoms with Gasteiger partial charge in [0.05, 0.1) is 10.7 Å². The molecule has 0 saturated heterocycles. The van der Waals surface area contributed by atoms with Gasteiger partial charge >= 0.3 is 0 Å². The van der Waals surface area contributed by atoms with Crippen molar-refractivity contribution in [1.82, 2.24) is 9.38 Å². The normalized spacial score (nSPS) is 10.9. The maximum absolute atomic E-state index is 12.0. The van der Waals surface area contributed by atoms with E-state index in [1.165, 1.54) is 21.8 Å². The van der Waals surface area contributed by atoms with Gasteiger partial charge in [-0.15, -0.1) is 11.3 Å². The lowest BCUT2D eigenvalue weighted by molar-refractivity contribution is 0.301. The highest BCUT2D eigenvalue weighted by Crippen LogP contribution is 2.30. The van der Waals surface area contributed by atoms with Gasteiger partial charge < -0.3 is 4.74 Å². The summed E-state index contributed by atoms with van der Waals surface area (Å²) >= 11 is 7.76. The molecule has 0 unspecified atom stereocenters. The van der Waals surface area contributed by atoms with Gasteiger partial charge in [-0.05, 0) is 23.3 Å². The summed E-state index contributed by atoms with van der Waals surface area (Å²) in [5.74, 6) is 0.564. The monoisotopic (exact) mass is 368 g/mol. The van der Waals surface area contributed by atoms with Crippen LogP contribution in [0.3, 0.4) is 0 Å². The molecule has 0 N–H and O–H groups in total. The summed E-state index contributed by atoms with van der Waals surface area (Å²) in [6.07, 6.45) is 1.71. The number of fused-ring (bicyclic) bond motifs is 1. The number of thiazole rings is 1. The quantitative estimate of drug-likeness (QED) is 0.526. The van der Waals surface area contributed by atoms with Crippen molar-refractivity contribution in [3.8, 4) is 16.9 Å². The SMILES string of the molecule is O=c1cc(COc2ccc(-c3ccccc3)cc2Cl)nc2sccn12. The summed E-state index contributed by atoms with van der Waals surface area (Å²) in [6.45, 7) is 0.189. The van der Waals surface area contributed by atoms with E-state index in [0.717, 1.165) is 11.1 Å². The highest BCUT2D eigenvalue weighted by Gasteiger charge is 2.08. The van der Waals surface area contributed by atoms with E-state index in [4.69, 9.17) is 16.3 Å². The van der Waals surface area contributed by atoms with E-state index in [-0.39, 0.29) is 12.2 Å². The van der Waals surface area contributed by atoms with Crippen LogP contribution in [0.25, 0.3) is 16.1 Å². The van der Waals surface area contributed by atoms with Crippen LogP contribution < -0.4 is 10.3 Å². The molecule has 0 amide bonds. The van der Waals surface area contributed by atoms with Crippen molar-refractivity contribution >= 4 is 27.9 Å². The Morgan fingerprint density at radius 3 is 2.72 bits per heavy atom. The van der Waals surface area contributed by atoms with Gasteiger partial charge in [0.25, 0.3) is 5.56 Å². The van der Waals surface area contributed by atoms with E-state index in [0.29, 0.717) is 21.4 Å². The molecule has 4 aromatic rings. The zero-order valence-electron chi connectivity index (χ0n) is 13.1. The molecule has 124 valence electrons. The van der Waals surface area contributed by atoms with Crippen molar-refractivity contribution in [3.05, 3.63) is 87.2 Å². The minimum atomic E-state index is -0.115. The number of hydrogen-bond donors (Lipinski definition) is 0. The Morgan fingerprint density at radius 1 is 1.08 bits per heavy atom. The molecule has 2 heterocycles. The molecule has 0 spiro atoms. The average Bonchev–Trinajstić information content (AvgIpc) is 3.10. The van der Waals surface area contributed by atoms with Gasteiger partial charge in [0.15, 0.2) is 4.96 Å². The molecule has 2 aromatic heterocycles. The largest absolute Gasteiger partial charge is 0.486 e. The van der Waals surface area contributed by atoms with E-state index in [2.05, 4.69) is 4.98 Å². The second-order valence-corrected chi connectivity index (χ2v) is 6.72. The Labute approximate surface area is 152 Å². The van der Waals surface area contributed by atoms with Crippen molar-refractivity contribution in [2.24, 2.45) is 0 Å². The molecule has 0 bridgehead atoms. The predicted molar refractivity (Wildman–Crippen MR) is 101 cm³/mol. The Morgan fingerprint density at radius 2 is 1.92 bits per heavy atom. The van der Waals surface area contributed by atoms with Crippen molar-refractivity contribution in [1.29, 1.82) is 0 Å². The highest BCUT2D eigenvalue weighted by atomic mass is 35.5.